The van der Waals surface area contributed by atoms with Crippen LogP contribution in [0.5, 0.6) is 0 Å². The second-order valence-electron chi connectivity index (χ2n) is 2.92. The van der Waals surface area contributed by atoms with Gasteiger partial charge in [-0.15, -0.1) is 6.42 Å². The summed E-state index contributed by atoms with van der Waals surface area (Å²) in [6.07, 6.45) is 8.95. The van der Waals surface area contributed by atoms with Gasteiger partial charge >= 0.3 is 0 Å². The third kappa shape index (κ3) is 4.06. The molecule has 0 amide bonds. The van der Waals surface area contributed by atoms with Crippen molar-refractivity contribution in [1.29, 1.82) is 0 Å². The van der Waals surface area contributed by atoms with Crippen molar-refractivity contribution in [2.45, 2.75) is 45.6 Å². The Kier molecular flexibility index (Phi) is 5.97. The van der Waals surface area contributed by atoms with Crippen LogP contribution in [0.2, 0.25) is 0 Å². The monoisotopic (exact) mass is 154 g/mol. The molecular weight excluding hydrogens is 136 g/mol. The van der Waals surface area contributed by atoms with E-state index in [-0.39, 0.29) is 0 Å². The van der Waals surface area contributed by atoms with Gasteiger partial charge in [-0.25, -0.2) is 0 Å². The lowest BCUT2D eigenvalue weighted by Crippen LogP contribution is -2.17. The molecule has 64 valence electrons. The number of hydrogen-bond donors (Lipinski definition) is 1. The Bertz CT molecular complexity index is 123. The van der Waals surface area contributed by atoms with Crippen LogP contribution in [0.15, 0.2) is 0 Å². The molecule has 0 heterocycles. The molecule has 0 fully saturated rings. The van der Waals surface area contributed by atoms with Gasteiger partial charge < -0.3 is 5.11 Å². The molecule has 0 aliphatic carbocycles. The minimum atomic E-state index is -0.536. The molecule has 0 aliphatic heterocycles. The lowest BCUT2D eigenvalue weighted by Gasteiger charge is -2.15. The largest absolute Gasteiger partial charge is 0.380 e. The van der Waals surface area contributed by atoms with Gasteiger partial charge in [-0.3, -0.25) is 0 Å². The summed E-state index contributed by atoms with van der Waals surface area (Å²) in [5, 5.41) is 9.31. The second-order valence-corrected chi connectivity index (χ2v) is 2.92. The molecule has 0 aromatic rings. The first-order valence-electron chi connectivity index (χ1n) is 4.40. The average molecular weight is 154 g/mol. The molecule has 0 saturated carbocycles. The van der Waals surface area contributed by atoms with Gasteiger partial charge in [0, 0.05) is 0 Å². The minimum absolute atomic E-state index is 0.306. The maximum Gasteiger partial charge on any atom is 0.117 e. The standard InChI is InChI=1S/C10H18O/c1-4-7-8-9(5-2)10(11)6-3/h3,9-11H,4-5,7-8H2,1-2H3/t9-,10-/m0/s1. The van der Waals surface area contributed by atoms with Crippen LogP contribution in [0.25, 0.3) is 0 Å². The number of terminal acetylenes is 1. The summed E-state index contributed by atoms with van der Waals surface area (Å²) in [7, 11) is 0. The molecule has 1 heteroatoms. The van der Waals surface area contributed by atoms with E-state index >= 15 is 0 Å². The molecule has 2 atom stereocenters. The maximum atomic E-state index is 9.31. The van der Waals surface area contributed by atoms with E-state index in [1.165, 1.54) is 6.42 Å². The fraction of sp³-hybridized carbons (Fsp3) is 0.800. The summed E-state index contributed by atoms with van der Waals surface area (Å²) in [4.78, 5) is 0. The number of aliphatic hydroxyl groups is 1. The smallest absolute Gasteiger partial charge is 0.117 e. The van der Waals surface area contributed by atoms with Crippen molar-refractivity contribution in [1.82, 2.24) is 0 Å². The van der Waals surface area contributed by atoms with Gasteiger partial charge in [0.05, 0.1) is 0 Å². The quantitative estimate of drug-likeness (QED) is 0.602. The Morgan fingerprint density at radius 1 is 1.45 bits per heavy atom. The topological polar surface area (TPSA) is 20.2 Å². The zero-order valence-electron chi connectivity index (χ0n) is 7.51. The lowest BCUT2D eigenvalue weighted by molar-refractivity contribution is 0.150. The van der Waals surface area contributed by atoms with Crippen molar-refractivity contribution in [2.75, 3.05) is 0 Å². The van der Waals surface area contributed by atoms with Crippen molar-refractivity contribution in [3.8, 4) is 12.3 Å². The van der Waals surface area contributed by atoms with Gasteiger partial charge in [0.25, 0.3) is 0 Å². The van der Waals surface area contributed by atoms with E-state index in [9.17, 15) is 5.11 Å². The van der Waals surface area contributed by atoms with E-state index < -0.39 is 6.10 Å². The van der Waals surface area contributed by atoms with E-state index in [1.807, 2.05) is 0 Å². The van der Waals surface area contributed by atoms with Gasteiger partial charge in [-0.05, 0) is 18.8 Å². The van der Waals surface area contributed by atoms with Crippen LogP contribution in [0.1, 0.15) is 39.5 Å². The fourth-order valence-corrected chi connectivity index (χ4v) is 1.19. The van der Waals surface area contributed by atoms with Gasteiger partial charge in [0.2, 0.25) is 0 Å². The van der Waals surface area contributed by atoms with Crippen LogP contribution < -0.4 is 0 Å². The predicted octanol–water partition coefficient (Wildman–Crippen LogP) is 2.20. The van der Waals surface area contributed by atoms with Crippen molar-refractivity contribution in [3.63, 3.8) is 0 Å². The summed E-state index contributed by atoms with van der Waals surface area (Å²) in [6, 6.07) is 0. The molecule has 11 heavy (non-hydrogen) atoms. The molecule has 0 radical (unpaired) electrons. The zero-order valence-corrected chi connectivity index (χ0v) is 7.51. The maximum absolute atomic E-state index is 9.31. The third-order valence-corrected chi connectivity index (χ3v) is 2.07. The Hall–Kier alpha value is -0.480. The van der Waals surface area contributed by atoms with Crippen LogP contribution in [0, 0.1) is 18.3 Å². The van der Waals surface area contributed by atoms with Gasteiger partial charge in [0.1, 0.15) is 6.10 Å². The summed E-state index contributed by atoms with van der Waals surface area (Å²) in [5.74, 6) is 2.69. The predicted molar refractivity (Wildman–Crippen MR) is 48.1 cm³/mol. The van der Waals surface area contributed by atoms with E-state index in [2.05, 4.69) is 19.8 Å². The SMILES string of the molecule is C#C[C@H](O)[C@@H](CC)CCCC. The minimum Gasteiger partial charge on any atom is -0.380 e. The molecule has 0 aromatic heterocycles. The van der Waals surface area contributed by atoms with Crippen LogP contribution >= 0.6 is 0 Å². The van der Waals surface area contributed by atoms with Gasteiger partial charge in [0.15, 0.2) is 0 Å². The van der Waals surface area contributed by atoms with Gasteiger partial charge in [-0.1, -0.05) is 32.6 Å². The highest BCUT2D eigenvalue weighted by molar-refractivity contribution is 4.96. The van der Waals surface area contributed by atoms with Crippen molar-refractivity contribution < 1.29 is 5.11 Å². The molecule has 0 unspecified atom stereocenters. The molecule has 1 nitrogen and oxygen atoms in total. The van der Waals surface area contributed by atoms with Crippen molar-refractivity contribution >= 4 is 0 Å². The Balaban J connectivity index is 3.67. The highest BCUT2D eigenvalue weighted by Gasteiger charge is 2.13. The summed E-state index contributed by atoms with van der Waals surface area (Å²) in [6.45, 7) is 4.22. The molecule has 0 aromatic carbocycles. The van der Waals surface area contributed by atoms with Crippen LogP contribution in [-0.4, -0.2) is 11.2 Å². The normalized spacial score (nSPS) is 15.5. The fourth-order valence-electron chi connectivity index (χ4n) is 1.19. The number of rotatable bonds is 5. The average Bonchev–Trinajstić information content (AvgIpc) is 2.05. The lowest BCUT2D eigenvalue weighted by atomic mass is 9.94. The molecule has 0 rings (SSSR count). The van der Waals surface area contributed by atoms with E-state index in [4.69, 9.17) is 6.42 Å². The Labute approximate surface area is 69.8 Å². The van der Waals surface area contributed by atoms with Gasteiger partial charge in [-0.2, -0.15) is 0 Å². The Morgan fingerprint density at radius 2 is 2.09 bits per heavy atom. The highest BCUT2D eigenvalue weighted by Crippen LogP contribution is 2.16. The molecule has 0 spiro atoms. The molecular formula is C10H18O. The second kappa shape index (κ2) is 6.24. The number of unbranched alkanes of at least 4 members (excludes halogenated alkanes) is 1. The summed E-state index contributed by atoms with van der Waals surface area (Å²) < 4.78 is 0. The number of hydrogen-bond acceptors (Lipinski definition) is 1. The van der Waals surface area contributed by atoms with Crippen LogP contribution in [0.3, 0.4) is 0 Å². The van der Waals surface area contributed by atoms with Crippen LogP contribution in [-0.2, 0) is 0 Å². The van der Waals surface area contributed by atoms with Crippen molar-refractivity contribution in [3.05, 3.63) is 0 Å². The van der Waals surface area contributed by atoms with Crippen LogP contribution in [0.4, 0.5) is 0 Å². The highest BCUT2D eigenvalue weighted by atomic mass is 16.3. The first kappa shape index (κ1) is 10.5. The number of aliphatic hydroxyl groups excluding tert-OH is 1. The summed E-state index contributed by atoms with van der Waals surface area (Å²) in [5.41, 5.74) is 0. The Morgan fingerprint density at radius 3 is 2.45 bits per heavy atom. The third-order valence-electron chi connectivity index (χ3n) is 2.07. The first-order valence-corrected chi connectivity index (χ1v) is 4.40. The summed E-state index contributed by atoms with van der Waals surface area (Å²) >= 11 is 0. The van der Waals surface area contributed by atoms with Crippen molar-refractivity contribution in [2.24, 2.45) is 5.92 Å². The molecule has 0 saturated heterocycles. The molecule has 0 aliphatic rings. The molecule has 0 bridgehead atoms. The first-order chi connectivity index (χ1) is 5.26. The van der Waals surface area contributed by atoms with E-state index in [0.717, 1.165) is 19.3 Å². The molecule has 1 N–H and O–H groups in total. The van der Waals surface area contributed by atoms with E-state index in [0.29, 0.717) is 5.92 Å². The zero-order chi connectivity index (χ0) is 8.69. The van der Waals surface area contributed by atoms with E-state index in [1.54, 1.807) is 0 Å².